The molecular weight excluding hydrogens is 202 g/mol. The molecule has 0 spiro atoms. The summed E-state index contributed by atoms with van der Waals surface area (Å²) in [6.07, 6.45) is 2.85. The van der Waals surface area contributed by atoms with Crippen LogP contribution in [0.15, 0.2) is 28.8 Å². The van der Waals surface area contributed by atoms with Gasteiger partial charge in [0, 0.05) is 12.1 Å². The summed E-state index contributed by atoms with van der Waals surface area (Å²) in [6.45, 7) is 2.23. The first-order valence-corrected chi connectivity index (χ1v) is 5.42. The van der Waals surface area contributed by atoms with E-state index in [1.54, 1.807) is 12.3 Å². The predicted octanol–water partition coefficient (Wildman–Crippen LogP) is 2.44. The van der Waals surface area contributed by atoms with Crippen molar-refractivity contribution in [1.82, 2.24) is 9.97 Å². The Kier molecular flexibility index (Phi) is 1.96. The second-order valence-corrected chi connectivity index (χ2v) is 4.33. The van der Waals surface area contributed by atoms with Gasteiger partial charge in [0.05, 0.1) is 0 Å². The Balaban J connectivity index is 1.92. The number of nitrogen functional groups attached to an aromatic ring is 1. The molecule has 4 heteroatoms. The molecule has 0 saturated heterocycles. The molecule has 82 valence electrons. The third kappa shape index (κ3) is 1.56. The van der Waals surface area contributed by atoms with Crippen molar-refractivity contribution in [1.29, 1.82) is 0 Å². The lowest BCUT2D eigenvalue weighted by molar-refractivity contribution is 0.515. The minimum absolute atomic E-state index is 0.461. The maximum absolute atomic E-state index is 5.74. The van der Waals surface area contributed by atoms with Crippen LogP contribution in [0, 0.1) is 5.92 Å². The third-order valence-electron chi connectivity index (χ3n) is 3.00. The van der Waals surface area contributed by atoms with Gasteiger partial charge in [0.25, 0.3) is 0 Å². The van der Waals surface area contributed by atoms with Gasteiger partial charge in [-0.15, -0.1) is 0 Å². The molecule has 4 nitrogen and oxygen atoms in total. The van der Waals surface area contributed by atoms with E-state index in [0.29, 0.717) is 23.3 Å². The van der Waals surface area contributed by atoms with E-state index in [0.717, 1.165) is 11.7 Å². The number of hydrogen-bond acceptors (Lipinski definition) is 4. The first-order chi connectivity index (χ1) is 7.74. The molecule has 1 saturated carbocycles. The van der Waals surface area contributed by atoms with Crippen LogP contribution in [0.1, 0.15) is 25.0 Å². The molecule has 0 bridgehead atoms. The fraction of sp³-hybridized carbons (Fsp3) is 0.333. The van der Waals surface area contributed by atoms with Crippen LogP contribution in [-0.4, -0.2) is 9.97 Å². The predicted molar refractivity (Wildman–Crippen MR) is 60.7 cm³/mol. The first kappa shape index (κ1) is 9.39. The zero-order chi connectivity index (χ0) is 11.1. The highest BCUT2D eigenvalue weighted by atomic mass is 16.3. The lowest BCUT2D eigenvalue weighted by Crippen LogP contribution is -1.93. The van der Waals surface area contributed by atoms with E-state index in [2.05, 4.69) is 16.9 Å². The Bertz CT molecular complexity index is 520. The molecule has 1 fully saturated rings. The van der Waals surface area contributed by atoms with Gasteiger partial charge in [-0.25, -0.2) is 9.97 Å². The molecule has 1 aliphatic rings. The van der Waals surface area contributed by atoms with Crippen LogP contribution < -0.4 is 5.73 Å². The average Bonchev–Trinajstić information content (AvgIpc) is 2.81. The minimum Gasteiger partial charge on any atom is -0.457 e. The maximum Gasteiger partial charge on any atom is 0.197 e. The van der Waals surface area contributed by atoms with Crippen molar-refractivity contribution in [3.05, 3.63) is 30.2 Å². The monoisotopic (exact) mass is 215 g/mol. The molecule has 0 amide bonds. The summed E-state index contributed by atoms with van der Waals surface area (Å²) in [5, 5.41) is 0. The van der Waals surface area contributed by atoms with E-state index in [1.807, 2.05) is 12.1 Å². The van der Waals surface area contributed by atoms with Crippen LogP contribution >= 0.6 is 0 Å². The largest absolute Gasteiger partial charge is 0.457 e. The Hall–Kier alpha value is -1.84. The minimum atomic E-state index is 0.461. The second kappa shape index (κ2) is 3.33. The summed E-state index contributed by atoms with van der Waals surface area (Å²) in [4.78, 5) is 8.27. The van der Waals surface area contributed by atoms with Crippen molar-refractivity contribution in [2.75, 3.05) is 5.73 Å². The van der Waals surface area contributed by atoms with Crippen molar-refractivity contribution in [3.63, 3.8) is 0 Å². The summed E-state index contributed by atoms with van der Waals surface area (Å²) in [7, 11) is 0. The SMILES string of the molecule is CC1CC1c1ccc(-c2nccc(N)n2)o1. The molecule has 0 aliphatic heterocycles. The number of nitrogens with two attached hydrogens (primary N) is 1. The summed E-state index contributed by atoms with van der Waals surface area (Å²) in [6, 6.07) is 5.58. The lowest BCUT2D eigenvalue weighted by atomic mass is 10.3. The van der Waals surface area contributed by atoms with Gasteiger partial charge >= 0.3 is 0 Å². The molecule has 3 rings (SSSR count). The Morgan fingerprint density at radius 1 is 1.38 bits per heavy atom. The highest BCUT2D eigenvalue weighted by Gasteiger charge is 2.36. The maximum atomic E-state index is 5.74. The molecule has 2 heterocycles. The average molecular weight is 215 g/mol. The van der Waals surface area contributed by atoms with E-state index in [4.69, 9.17) is 10.2 Å². The number of aromatic nitrogens is 2. The number of rotatable bonds is 2. The lowest BCUT2D eigenvalue weighted by Gasteiger charge is -1.96. The standard InChI is InChI=1S/C12H13N3O/c1-7-6-8(7)9-2-3-10(16-9)12-14-5-4-11(13)15-12/h2-5,7-8H,6H2,1H3,(H2,13,14,15). The number of anilines is 1. The first-order valence-electron chi connectivity index (χ1n) is 5.42. The van der Waals surface area contributed by atoms with E-state index in [-0.39, 0.29) is 0 Å². The van der Waals surface area contributed by atoms with Crippen LogP contribution in [0.3, 0.4) is 0 Å². The van der Waals surface area contributed by atoms with Crippen molar-refractivity contribution in [3.8, 4) is 11.6 Å². The molecule has 2 aromatic heterocycles. The summed E-state index contributed by atoms with van der Waals surface area (Å²) < 4.78 is 5.74. The summed E-state index contributed by atoms with van der Waals surface area (Å²) >= 11 is 0. The number of hydrogen-bond donors (Lipinski definition) is 1. The van der Waals surface area contributed by atoms with Crippen molar-refractivity contribution >= 4 is 5.82 Å². The fourth-order valence-electron chi connectivity index (χ4n) is 1.88. The molecule has 2 N–H and O–H groups in total. The van der Waals surface area contributed by atoms with Gasteiger partial charge in [-0.1, -0.05) is 6.92 Å². The highest BCUT2D eigenvalue weighted by molar-refractivity contribution is 5.49. The normalized spacial score (nSPS) is 23.3. The van der Waals surface area contributed by atoms with Gasteiger partial charge in [-0.2, -0.15) is 0 Å². The van der Waals surface area contributed by atoms with Crippen molar-refractivity contribution < 1.29 is 4.42 Å². The third-order valence-corrected chi connectivity index (χ3v) is 3.00. The smallest absolute Gasteiger partial charge is 0.197 e. The summed E-state index contributed by atoms with van der Waals surface area (Å²) in [5.41, 5.74) is 5.60. The van der Waals surface area contributed by atoms with Gasteiger partial charge in [0.1, 0.15) is 11.6 Å². The van der Waals surface area contributed by atoms with E-state index in [9.17, 15) is 0 Å². The van der Waals surface area contributed by atoms with Gasteiger partial charge in [0.15, 0.2) is 11.6 Å². The van der Waals surface area contributed by atoms with Gasteiger partial charge < -0.3 is 10.2 Å². The van der Waals surface area contributed by atoms with Crippen LogP contribution in [0.2, 0.25) is 0 Å². The Labute approximate surface area is 93.5 Å². The van der Waals surface area contributed by atoms with Gasteiger partial charge in [0.2, 0.25) is 0 Å². The molecular formula is C12H13N3O. The van der Waals surface area contributed by atoms with E-state index < -0.39 is 0 Å². The van der Waals surface area contributed by atoms with Crippen LogP contribution in [0.5, 0.6) is 0 Å². The molecule has 1 aliphatic carbocycles. The quantitative estimate of drug-likeness (QED) is 0.835. The zero-order valence-corrected chi connectivity index (χ0v) is 9.05. The van der Waals surface area contributed by atoms with Crippen molar-refractivity contribution in [2.24, 2.45) is 5.92 Å². The molecule has 16 heavy (non-hydrogen) atoms. The van der Waals surface area contributed by atoms with Crippen LogP contribution in [0.4, 0.5) is 5.82 Å². The van der Waals surface area contributed by atoms with E-state index in [1.165, 1.54) is 6.42 Å². The number of furan rings is 1. The zero-order valence-electron chi connectivity index (χ0n) is 9.05. The molecule has 0 radical (unpaired) electrons. The van der Waals surface area contributed by atoms with Gasteiger partial charge in [-0.05, 0) is 30.5 Å². The molecule has 2 atom stereocenters. The van der Waals surface area contributed by atoms with Crippen LogP contribution in [-0.2, 0) is 0 Å². The molecule has 2 unspecified atom stereocenters. The van der Waals surface area contributed by atoms with Crippen LogP contribution in [0.25, 0.3) is 11.6 Å². The fourth-order valence-corrected chi connectivity index (χ4v) is 1.88. The van der Waals surface area contributed by atoms with Gasteiger partial charge in [-0.3, -0.25) is 0 Å². The Morgan fingerprint density at radius 3 is 2.88 bits per heavy atom. The number of nitrogens with zero attached hydrogens (tertiary/aromatic N) is 2. The highest BCUT2D eigenvalue weighted by Crippen LogP contribution is 2.47. The van der Waals surface area contributed by atoms with E-state index >= 15 is 0 Å². The Morgan fingerprint density at radius 2 is 2.19 bits per heavy atom. The second-order valence-electron chi connectivity index (χ2n) is 4.33. The summed E-state index contributed by atoms with van der Waals surface area (Å²) in [5.74, 6) is 4.06. The van der Waals surface area contributed by atoms with Crippen molar-refractivity contribution in [2.45, 2.75) is 19.3 Å². The topological polar surface area (TPSA) is 64.9 Å². The molecule has 2 aromatic rings. The molecule has 0 aromatic carbocycles.